The molecule has 2 fully saturated rings. The lowest BCUT2D eigenvalue weighted by atomic mass is 9.78. The molecule has 0 unspecified atom stereocenters. The third-order valence-electron chi connectivity index (χ3n) is 6.27. The third-order valence-corrected chi connectivity index (χ3v) is 6.27. The minimum Gasteiger partial charge on any atom is -0.488 e. The Morgan fingerprint density at radius 2 is 1.80 bits per heavy atom. The maximum absolute atomic E-state index is 12.8. The molecular weight excluding hydrogens is 386 g/mol. The predicted octanol–water partition coefficient (Wildman–Crippen LogP) is 1.81. The Balaban J connectivity index is 1.39. The number of esters is 1. The van der Waals surface area contributed by atoms with Crippen LogP contribution in [0.1, 0.15) is 39.4 Å². The van der Waals surface area contributed by atoms with Gasteiger partial charge < -0.3 is 19.5 Å². The predicted molar refractivity (Wildman–Crippen MR) is 108 cm³/mol. The number of hydrogen-bond donors (Lipinski definition) is 1. The average Bonchev–Trinajstić information content (AvgIpc) is 3.30. The number of hydrogen-bond acceptors (Lipinski definition) is 6. The molecule has 0 bridgehead atoms. The molecule has 4 rings (SSSR count). The molecule has 1 aromatic carbocycles. The summed E-state index contributed by atoms with van der Waals surface area (Å²) in [6.07, 6.45) is 0.331. The van der Waals surface area contributed by atoms with E-state index in [1.807, 2.05) is 24.9 Å². The number of carbonyl (C=O) groups is 2. The van der Waals surface area contributed by atoms with Gasteiger partial charge in [-0.2, -0.15) is 5.10 Å². The smallest absolute Gasteiger partial charge is 0.337 e. The van der Waals surface area contributed by atoms with Gasteiger partial charge in [0.25, 0.3) is 5.91 Å². The second-order valence-corrected chi connectivity index (χ2v) is 8.24. The maximum Gasteiger partial charge on any atom is 0.337 e. The highest BCUT2D eigenvalue weighted by Gasteiger charge is 2.44. The fraction of sp³-hybridized carbons (Fsp3) is 0.500. The minimum absolute atomic E-state index is 0.0570. The fourth-order valence-electron chi connectivity index (χ4n) is 4.47. The molecule has 8 nitrogen and oxygen atoms in total. The number of fused-ring (bicyclic) bond motifs is 1. The largest absolute Gasteiger partial charge is 0.488 e. The number of aliphatic hydroxyl groups excluding tert-OH is 1. The second kappa shape index (κ2) is 8.10. The minimum atomic E-state index is -0.598. The summed E-state index contributed by atoms with van der Waals surface area (Å²) in [5.41, 5.74) is 1.86. The number of likely N-dealkylation sites (tertiary alicyclic amines) is 1. The SMILES string of the molecule is COC(=O)c1ccc(O[C@H]2C[C@@H]3CN(C(=O)c4cc(C)n(C)n4)C[C@@H]3C[C@@H]2O)cc1. The Morgan fingerprint density at radius 3 is 2.40 bits per heavy atom. The normalized spacial score (nSPS) is 25.7. The monoisotopic (exact) mass is 413 g/mol. The van der Waals surface area contributed by atoms with E-state index in [0.29, 0.717) is 42.9 Å². The third kappa shape index (κ3) is 3.92. The zero-order valence-corrected chi connectivity index (χ0v) is 17.4. The number of nitrogens with zero attached hydrogens (tertiary/aromatic N) is 3. The van der Waals surface area contributed by atoms with E-state index in [1.54, 1.807) is 28.9 Å². The molecule has 0 spiro atoms. The number of benzene rings is 1. The van der Waals surface area contributed by atoms with Gasteiger partial charge in [0.2, 0.25) is 0 Å². The maximum atomic E-state index is 12.8. The number of ether oxygens (including phenoxy) is 2. The molecule has 1 saturated carbocycles. The molecule has 1 aliphatic heterocycles. The van der Waals surface area contributed by atoms with Crippen LogP contribution in [0.15, 0.2) is 30.3 Å². The summed E-state index contributed by atoms with van der Waals surface area (Å²) in [6.45, 7) is 3.20. The van der Waals surface area contributed by atoms with Crippen molar-refractivity contribution < 1.29 is 24.2 Å². The summed E-state index contributed by atoms with van der Waals surface area (Å²) in [5.74, 6) is 0.677. The van der Waals surface area contributed by atoms with Crippen molar-refractivity contribution in [1.82, 2.24) is 14.7 Å². The van der Waals surface area contributed by atoms with Crippen LogP contribution in [0, 0.1) is 18.8 Å². The first kappa shape index (κ1) is 20.4. The highest BCUT2D eigenvalue weighted by Crippen LogP contribution is 2.38. The lowest BCUT2D eigenvalue weighted by molar-refractivity contribution is -0.0231. The van der Waals surface area contributed by atoms with Gasteiger partial charge in [-0.15, -0.1) is 0 Å². The molecule has 2 aromatic rings. The van der Waals surface area contributed by atoms with Crippen LogP contribution in [-0.4, -0.2) is 64.1 Å². The molecule has 0 radical (unpaired) electrons. The fourth-order valence-corrected chi connectivity index (χ4v) is 4.47. The Labute approximate surface area is 175 Å². The molecule has 8 heteroatoms. The molecule has 2 aliphatic rings. The van der Waals surface area contributed by atoms with Crippen LogP contribution in [0.4, 0.5) is 0 Å². The summed E-state index contributed by atoms with van der Waals surface area (Å²) in [7, 11) is 3.16. The standard InChI is InChI=1S/C22H27N3O5/c1-13-8-18(23-24(13)2)21(27)25-11-15-9-19(26)20(10-16(15)12-25)30-17-6-4-14(5-7-17)22(28)29-3/h4-8,15-16,19-20,26H,9-12H2,1-3H3/t15-,16+,19-,20-/m0/s1. The van der Waals surface area contributed by atoms with Crippen molar-refractivity contribution in [3.8, 4) is 5.75 Å². The van der Waals surface area contributed by atoms with Crippen molar-refractivity contribution in [1.29, 1.82) is 0 Å². The molecule has 30 heavy (non-hydrogen) atoms. The van der Waals surface area contributed by atoms with E-state index in [-0.39, 0.29) is 23.8 Å². The molecule has 1 aromatic heterocycles. The first-order valence-corrected chi connectivity index (χ1v) is 10.2. The van der Waals surface area contributed by atoms with Crippen LogP contribution in [0.2, 0.25) is 0 Å². The Morgan fingerprint density at radius 1 is 1.13 bits per heavy atom. The molecule has 1 amide bonds. The highest BCUT2D eigenvalue weighted by atomic mass is 16.5. The summed E-state index contributed by atoms with van der Waals surface area (Å²) >= 11 is 0. The van der Waals surface area contributed by atoms with E-state index in [4.69, 9.17) is 9.47 Å². The van der Waals surface area contributed by atoms with E-state index >= 15 is 0 Å². The Kier molecular flexibility index (Phi) is 5.51. The molecule has 1 N–H and O–H groups in total. The van der Waals surface area contributed by atoms with E-state index in [0.717, 1.165) is 5.69 Å². The molecular formula is C22H27N3O5. The van der Waals surface area contributed by atoms with E-state index in [9.17, 15) is 14.7 Å². The van der Waals surface area contributed by atoms with Crippen LogP contribution in [0.5, 0.6) is 5.75 Å². The zero-order chi connectivity index (χ0) is 21.4. The van der Waals surface area contributed by atoms with Gasteiger partial charge in [0.05, 0.1) is 18.8 Å². The Hall–Kier alpha value is -2.87. The number of rotatable bonds is 4. The number of aromatic nitrogens is 2. The van der Waals surface area contributed by atoms with Gasteiger partial charge in [-0.3, -0.25) is 9.48 Å². The van der Waals surface area contributed by atoms with Crippen molar-refractivity contribution in [2.24, 2.45) is 18.9 Å². The molecule has 160 valence electrons. The molecule has 4 atom stereocenters. The van der Waals surface area contributed by atoms with E-state index < -0.39 is 12.1 Å². The Bertz CT molecular complexity index is 919. The number of aliphatic hydroxyl groups is 1. The van der Waals surface area contributed by atoms with Crippen molar-refractivity contribution in [2.45, 2.75) is 32.0 Å². The van der Waals surface area contributed by atoms with E-state index in [2.05, 4.69) is 5.10 Å². The summed E-state index contributed by atoms with van der Waals surface area (Å²) in [4.78, 5) is 26.2. The van der Waals surface area contributed by atoms with Gasteiger partial charge in [-0.25, -0.2) is 4.79 Å². The highest BCUT2D eigenvalue weighted by molar-refractivity contribution is 5.92. The molecule has 1 saturated heterocycles. The van der Waals surface area contributed by atoms with Crippen LogP contribution >= 0.6 is 0 Å². The quantitative estimate of drug-likeness (QED) is 0.769. The van der Waals surface area contributed by atoms with Gasteiger partial charge in [0.1, 0.15) is 11.9 Å². The lowest BCUT2D eigenvalue weighted by Gasteiger charge is -2.35. The topological polar surface area (TPSA) is 93.9 Å². The number of aryl methyl sites for hydroxylation is 2. The van der Waals surface area contributed by atoms with Gasteiger partial charge >= 0.3 is 5.97 Å². The van der Waals surface area contributed by atoms with Crippen LogP contribution in [0.25, 0.3) is 0 Å². The first-order chi connectivity index (χ1) is 14.4. The molecule has 1 aliphatic carbocycles. The van der Waals surface area contributed by atoms with Crippen LogP contribution in [0.3, 0.4) is 0 Å². The number of carbonyl (C=O) groups excluding carboxylic acids is 2. The second-order valence-electron chi connectivity index (χ2n) is 8.24. The zero-order valence-electron chi connectivity index (χ0n) is 17.4. The number of amides is 1. The van der Waals surface area contributed by atoms with Gasteiger partial charge in [-0.05, 0) is 61.9 Å². The summed E-state index contributed by atoms with van der Waals surface area (Å²) in [5, 5.41) is 14.9. The van der Waals surface area contributed by atoms with E-state index in [1.165, 1.54) is 7.11 Å². The van der Waals surface area contributed by atoms with Gasteiger partial charge in [-0.1, -0.05) is 0 Å². The van der Waals surface area contributed by atoms with Crippen LogP contribution in [-0.2, 0) is 11.8 Å². The first-order valence-electron chi connectivity index (χ1n) is 10.2. The average molecular weight is 413 g/mol. The van der Waals surface area contributed by atoms with Crippen molar-refractivity contribution in [3.63, 3.8) is 0 Å². The summed E-state index contributed by atoms with van der Waals surface area (Å²) < 4.78 is 12.4. The number of methoxy groups -OCH3 is 1. The van der Waals surface area contributed by atoms with Crippen LogP contribution < -0.4 is 4.74 Å². The lowest BCUT2D eigenvalue weighted by Crippen LogP contribution is -2.42. The molecule has 2 heterocycles. The summed E-state index contributed by atoms with van der Waals surface area (Å²) in [6, 6.07) is 8.51. The van der Waals surface area contributed by atoms with Crippen molar-refractivity contribution in [2.75, 3.05) is 20.2 Å². The van der Waals surface area contributed by atoms with Gasteiger partial charge in [0.15, 0.2) is 5.69 Å². The van der Waals surface area contributed by atoms with Crippen molar-refractivity contribution >= 4 is 11.9 Å². The van der Waals surface area contributed by atoms with Crippen molar-refractivity contribution in [3.05, 3.63) is 47.3 Å². The van der Waals surface area contributed by atoms with Gasteiger partial charge in [0, 0.05) is 25.8 Å².